The molecule has 0 aliphatic rings. The minimum Gasteiger partial charge on any atom is -0.444 e. The Kier molecular flexibility index (Phi) is 5.57. The molecule has 0 aliphatic carbocycles. The monoisotopic (exact) mass is 242 g/mol. The van der Waals surface area contributed by atoms with Crippen molar-refractivity contribution in [2.75, 3.05) is 19.6 Å². The van der Waals surface area contributed by atoms with Crippen molar-refractivity contribution in [3.8, 4) is 0 Å². The number of ether oxygens (including phenoxy) is 1. The van der Waals surface area contributed by atoms with Crippen LogP contribution in [0.25, 0.3) is 0 Å². The topological polar surface area (TPSA) is 50.4 Å². The van der Waals surface area contributed by atoms with Gasteiger partial charge >= 0.3 is 12.3 Å². The van der Waals surface area contributed by atoms with Crippen LogP contribution in [0.5, 0.6) is 0 Å². The van der Waals surface area contributed by atoms with E-state index in [1.54, 1.807) is 20.8 Å². The lowest BCUT2D eigenvalue weighted by Gasteiger charge is -2.19. The Labute approximate surface area is 92.5 Å². The Morgan fingerprint density at radius 2 is 1.75 bits per heavy atom. The van der Waals surface area contributed by atoms with E-state index in [9.17, 15) is 18.0 Å². The van der Waals surface area contributed by atoms with E-state index in [2.05, 4.69) is 10.6 Å². The Hall–Kier alpha value is -0.980. The number of amides is 1. The van der Waals surface area contributed by atoms with Crippen molar-refractivity contribution in [2.24, 2.45) is 0 Å². The minimum atomic E-state index is -4.23. The minimum absolute atomic E-state index is 0.0404. The van der Waals surface area contributed by atoms with Crippen molar-refractivity contribution in [1.82, 2.24) is 10.6 Å². The first-order valence-corrected chi connectivity index (χ1v) is 4.84. The highest BCUT2D eigenvalue weighted by molar-refractivity contribution is 5.67. The zero-order valence-electron chi connectivity index (χ0n) is 9.57. The number of hydrogen-bond acceptors (Lipinski definition) is 3. The highest BCUT2D eigenvalue weighted by atomic mass is 19.4. The number of hydrogen-bond donors (Lipinski definition) is 2. The molecule has 0 heterocycles. The average Bonchev–Trinajstić information content (AvgIpc) is 1.97. The van der Waals surface area contributed by atoms with Crippen LogP contribution >= 0.6 is 0 Å². The van der Waals surface area contributed by atoms with Crippen molar-refractivity contribution < 1.29 is 22.7 Å². The van der Waals surface area contributed by atoms with Crippen LogP contribution in [0.1, 0.15) is 20.8 Å². The van der Waals surface area contributed by atoms with Crippen LogP contribution in [0.3, 0.4) is 0 Å². The second-order valence-electron chi connectivity index (χ2n) is 4.22. The predicted octanol–water partition coefficient (Wildman–Crippen LogP) is 1.66. The summed E-state index contributed by atoms with van der Waals surface area (Å²) in [4.78, 5) is 11.0. The van der Waals surface area contributed by atoms with Crippen molar-refractivity contribution >= 4 is 6.09 Å². The summed E-state index contributed by atoms with van der Waals surface area (Å²) in [6.07, 6.45) is -4.87. The summed E-state index contributed by atoms with van der Waals surface area (Å²) in [5.74, 6) is 0. The molecule has 16 heavy (non-hydrogen) atoms. The number of alkyl halides is 3. The maximum atomic E-state index is 11.7. The summed E-state index contributed by atoms with van der Waals surface area (Å²) in [5, 5.41) is 4.48. The predicted molar refractivity (Wildman–Crippen MR) is 53.2 cm³/mol. The van der Waals surface area contributed by atoms with E-state index in [1.807, 2.05) is 0 Å². The largest absolute Gasteiger partial charge is 0.444 e. The molecular formula is C9H17F3N2O2. The molecule has 0 saturated heterocycles. The fraction of sp³-hybridized carbons (Fsp3) is 0.889. The van der Waals surface area contributed by atoms with Crippen LogP contribution in [-0.4, -0.2) is 37.5 Å². The van der Waals surface area contributed by atoms with Crippen LogP contribution in [0.4, 0.5) is 18.0 Å². The Bertz CT molecular complexity index is 224. The third-order valence-corrected chi connectivity index (χ3v) is 1.30. The summed E-state index contributed by atoms with van der Waals surface area (Å²) in [6.45, 7) is 4.17. The van der Waals surface area contributed by atoms with Gasteiger partial charge in [0.1, 0.15) is 5.60 Å². The Balaban J connectivity index is 3.50. The molecule has 0 aromatic rings. The smallest absolute Gasteiger partial charge is 0.407 e. The van der Waals surface area contributed by atoms with Gasteiger partial charge in [0.25, 0.3) is 0 Å². The van der Waals surface area contributed by atoms with Crippen molar-refractivity contribution in [3.63, 3.8) is 0 Å². The molecule has 0 atom stereocenters. The van der Waals surface area contributed by atoms with Gasteiger partial charge < -0.3 is 15.4 Å². The molecule has 0 saturated carbocycles. The van der Waals surface area contributed by atoms with Gasteiger partial charge in [-0.05, 0) is 20.8 Å². The molecule has 4 nitrogen and oxygen atoms in total. The first-order valence-electron chi connectivity index (χ1n) is 4.84. The van der Waals surface area contributed by atoms with Crippen LogP contribution < -0.4 is 10.6 Å². The summed E-state index contributed by atoms with van der Waals surface area (Å²) >= 11 is 0. The molecule has 0 unspecified atom stereocenters. The van der Waals surface area contributed by atoms with Gasteiger partial charge in [0.2, 0.25) is 0 Å². The van der Waals surface area contributed by atoms with E-state index in [0.717, 1.165) is 0 Å². The van der Waals surface area contributed by atoms with Gasteiger partial charge in [0.05, 0.1) is 6.54 Å². The molecular weight excluding hydrogens is 225 g/mol. The van der Waals surface area contributed by atoms with Crippen molar-refractivity contribution in [3.05, 3.63) is 0 Å². The number of carbonyl (C=O) groups excluding carboxylic acids is 1. The molecule has 0 aromatic carbocycles. The third-order valence-electron chi connectivity index (χ3n) is 1.30. The molecule has 0 rings (SSSR count). The van der Waals surface area contributed by atoms with E-state index in [0.29, 0.717) is 0 Å². The van der Waals surface area contributed by atoms with Gasteiger partial charge in [0.15, 0.2) is 0 Å². The molecule has 0 aromatic heterocycles. The molecule has 0 aliphatic heterocycles. The van der Waals surface area contributed by atoms with E-state index in [-0.39, 0.29) is 13.1 Å². The first-order chi connectivity index (χ1) is 7.10. The lowest BCUT2D eigenvalue weighted by molar-refractivity contribution is -0.124. The van der Waals surface area contributed by atoms with Gasteiger partial charge in [-0.15, -0.1) is 0 Å². The quantitative estimate of drug-likeness (QED) is 0.737. The van der Waals surface area contributed by atoms with Crippen molar-refractivity contribution in [2.45, 2.75) is 32.5 Å². The number of carbonyl (C=O) groups is 1. The highest BCUT2D eigenvalue weighted by Crippen LogP contribution is 2.11. The second kappa shape index (κ2) is 5.93. The third kappa shape index (κ3) is 11.1. The maximum Gasteiger partial charge on any atom is 0.407 e. The summed E-state index contributed by atoms with van der Waals surface area (Å²) < 4.78 is 40.0. The summed E-state index contributed by atoms with van der Waals surface area (Å²) in [6, 6.07) is 0. The van der Waals surface area contributed by atoms with Gasteiger partial charge in [-0.1, -0.05) is 0 Å². The molecule has 0 spiro atoms. The van der Waals surface area contributed by atoms with Crippen LogP contribution in [0.15, 0.2) is 0 Å². The standard InChI is InChI=1S/C9H17F3N2O2/c1-8(2,3)16-7(15)14-5-4-13-6-9(10,11)12/h13H,4-6H2,1-3H3,(H,14,15). The number of alkyl carbamates (subject to hydrolysis) is 1. The number of nitrogens with one attached hydrogen (secondary N) is 2. The normalized spacial score (nSPS) is 12.4. The number of halogens is 3. The second-order valence-corrected chi connectivity index (χ2v) is 4.22. The molecule has 96 valence electrons. The van der Waals surface area contributed by atoms with E-state index in [1.165, 1.54) is 0 Å². The molecule has 0 fully saturated rings. The summed E-state index contributed by atoms with van der Waals surface area (Å²) in [5.41, 5.74) is -0.608. The summed E-state index contributed by atoms with van der Waals surface area (Å²) in [7, 11) is 0. The lowest BCUT2D eigenvalue weighted by Crippen LogP contribution is -2.38. The van der Waals surface area contributed by atoms with Gasteiger partial charge in [-0.2, -0.15) is 13.2 Å². The first kappa shape index (κ1) is 15.0. The molecule has 1 amide bonds. The fourth-order valence-corrected chi connectivity index (χ4v) is 0.797. The average molecular weight is 242 g/mol. The van der Waals surface area contributed by atoms with Crippen molar-refractivity contribution in [1.29, 1.82) is 0 Å². The Morgan fingerprint density at radius 3 is 2.19 bits per heavy atom. The Morgan fingerprint density at radius 1 is 1.19 bits per heavy atom. The van der Waals surface area contributed by atoms with Gasteiger partial charge in [0, 0.05) is 13.1 Å². The number of rotatable bonds is 4. The zero-order chi connectivity index (χ0) is 12.8. The van der Waals surface area contributed by atoms with Crippen LogP contribution in [-0.2, 0) is 4.74 Å². The van der Waals surface area contributed by atoms with E-state index < -0.39 is 24.4 Å². The highest BCUT2D eigenvalue weighted by Gasteiger charge is 2.25. The van der Waals surface area contributed by atoms with Crippen LogP contribution in [0, 0.1) is 0 Å². The van der Waals surface area contributed by atoms with Gasteiger partial charge in [-0.25, -0.2) is 4.79 Å². The molecule has 0 bridgehead atoms. The molecule has 2 N–H and O–H groups in total. The fourth-order valence-electron chi connectivity index (χ4n) is 0.797. The van der Waals surface area contributed by atoms with E-state index >= 15 is 0 Å². The van der Waals surface area contributed by atoms with E-state index in [4.69, 9.17) is 4.74 Å². The SMILES string of the molecule is CC(C)(C)OC(=O)NCCNCC(F)(F)F. The van der Waals surface area contributed by atoms with Gasteiger partial charge in [-0.3, -0.25) is 0 Å². The zero-order valence-corrected chi connectivity index (χ0v) is 9.57. The maximum absolute atomic E-state index is 11.7. The molecule has 7 heteroatoms. The lowest BCUT2D eigenvalue weighted by atomic mass is 10.2. The molecule has 0 radical (unpaired) electrons. The van der Waals surface area contributed by atoms with Crippen LogP contribution in [0.2, 0.25) is 0 Å².